The maximum atomic E-state index is 13.6. The number of hydrogen-bond donors (Lipinski definition) is 1. The van der Waals surface area contributed by atoms with Crippen LogP contribution in [-0.4, -0.2) is 36.3 Å². The number of halogens is 3. The first-order chi connectivity index (χ1) is 9.57. The van der Waals surface area contributed by atoms with Crippen LogP contribution in [0.4, 0.5) is 14.5 Å². The molecule has 11 heteroatoms. The Morgan fingerprint density at radius 2 is 1.71 bits per heavy atom. The third-order valence-electron chi connectivity index (χ3n) is 2.32. The van der Waals surface area contributed by atoms with Crippen LogP contribution in [0.1, 0.15) is 6.42 Å². The van der Waals surface area contributed by atoms with Crippen molar-refractivity contribution >= 4 is 35.4 Å². The van der Waals surface area contributed by atoms with Crippen LogP contribution in [0, 0.1) is 11.6 Å². The summed E-state index contributed by atoms with van der Waals surface area (Å²) in [7, 11) is -1.98. The molecule has 0 aliphatic rings. The summed E-state index contributed by atoms with van der Waals surface area (Å²) in [5.74, 6) is -3.18. The zero-order valence-corrected chi connectivity index (χ0v) is 13.2. The highest BCUT2D eigenvalue weighted by molar-refractivity contribution is 8.13. The van der Waals surface area contributed by atoms with E-state index in [0.29, 0.717) is 12.1 Å². The van der Waals surface area contributed by atoms with E-state index in [4.69, 9.17) is 10.7 Å². The van der Waals surface area contributed by atoms with Crippen LogP contribution in [0.2, 0.25) is 0 Å². The highest BCUT2D eigenvalue weighted by atomic mass is 35.7. The summed E-state index contributed by atoms with van der Waals surface area (Å²) in [5.41, 5.74) is -0.962. The Morgan fingerprint density at radius 3 is 2.14 bits per heavy atom. The Bertz CT molecular complexity index is 698. The third kappa shape index (κ3) is 5.38. The van der Waals surface area contributed by atoms with Crippen LogP contribution < -0.4 is 4.72 Å². The van der Waals surface area contributed by atoms with Crippen LogP contribution in [0.15, 0.2) is 17.0 Å². The van der Waals surface area contributed by atoms with Gasteiger partial charge in [0.1, 0.15) is 5.69 Å². The summed E-state index contributed by atoms with van der Waals surface area (Å²) in [6.45, 7) is 0.162. The topological polar surface area (TPSA) is 89.5 Å². The van der Waals surface area contributed by atoms with Gasteiger partial charge in [0.15, 0.2) is 11.6 Å². The molecule has 0 heterocycles. The summed E-state index contributed by atoms with van der Waals surface area (Å²) in [6, 6.07) is 0.858. The van der Waals surface area contributed by atoms with Crippen molar-refractivity contribution in [3.8, 4) is 0 Å². The first kappa shape index (κ1) is 18.1. The van der Waals surface area contributed by atoms with Gasteiger partial charge in [0.2, 0.25) is 10.0 Å². The predicted molar refractivity (Wildman–Crippen MR) is 73.3 cm³/mol. The Hall–Kier alpha value is -0.970. The molecule has 0 unspecified atom stereocenters. The van der Waals surface area contributed by atoms with E-state index in [1.807, 2.05) is 0 Å². The Balaban J connectivity index is 3.05. The Kier molecular flexibility index (Phi) is 5.91. The molecule has 1 rings (SSSR count). The molecule has 0 saturated heterocycles. The van der Waals surface area contributed by atoms with Crippen LogP contribution in [-0.2, 0) is 23.8 Å². The summed E-state index contributed by atoms with van der Waals surface area (Å²) >= 11 is 0. The average Bonchev–Trinajstić information content (AvgIpc) is 2.32. The molecule has 0 aliphatic heterocycles. The molecule has 0 radical (unpaired) electrons. The molecule has 1 aromatic rings. The van der Waals surface area contributed by atoms with Crippen LogP contribution in [0.25, 0.3) is 0 Å². The lowest BCUT2D eigenvalue weighted by molar-refractivity contribution is 0.199. The lowest BCUT2D eigenvalue weighted by atomic mass is 10.3. The van der Waals surface area contributed by atoms with Crippen molar-refractivity contribution in [3.63, 3.8) is 0 Å². The van der Waals surface area contributed by atoms with Crippen LogP contribution >= 0.6 is 10.7 Å². The summed E-state index contributed by atoms with van der Waals surface area (Å²) in [6.07, 6.45) is 0.128. The van der Waals surface area contributed by atoms with E-state index in [-0.39, 0.29) is 13.0 Å². The van der Waals surface area contributed by atoms with Gasteiger partial charge < -0.3 is 4.74 Å². The summed E-state index contributed by atoms with van der Waals surface area (Å²) in [4.78, 5) is -0.804. The van der Waals surface area contributed by atoms with Crippen molar-refractivity contribution in [1.29, 1.82) is 0 Å². The van der Waals surface area contributed by atoms with Crippen LogP contribution in [0.5, 0.6) is 0 Å². The minimum Gasteiger partial charge on any atom is -0.385 e. The van der Waals surface area contributed by atoms with Gasteiger partial charge in [-0.1, -0.05) is 0 Å². The van der Waals surface area contributed by atoms with Crippen molar-refractivity contribution in [2.45, 2.75) is 11.3 Å². The first-order valence-corrected chi connectivity index (χ1v) is 9.46. The summed E-state index contributed by atoms with van der Waals surface area (Å²) in [5, 5.41) is 0. The molecule has 6 nitrogen and oxygen atoms in total. The van der Waals surface area contributed by atoms with E-state index in [9.17, 15) is 25.6 Å². The van der Waals surface area contributed by atoms with Gasteiger partial charge in [-0.05, 0) is 18.6 Å². The minimum atomic E-state index is -4.33. The van der Waals surface area contributed by atoms with E-state index in [0.717, 1.165) is 0 Å². The van der Waals surface area contributed by atoms with Gasteiger partial charge in [-0.15, -0.1) is 0 Å². The fraction of sp³-hybridized carbons (Fsp3) is 0.400. The van der Waals surface area contributed by atoms with E-state index in [1.165, 1.54) is 7.11 Å². The highest BCUT2D eigenvalue weighted by Gasteiger charge is 2.21. The Labute approximate surface area is 125 Å². The van der Waals surface area contributed by atoms with Crippen molar-refractivity contribution in [1.82, 2.24) is 0 Å². The standard InChI is InChI=1S/C10H12ClF2NO5S2/c1-19-3-2-4-20(15,16)14-10-8(12)5-7(6-9(10)13)21(11,17)18/h5-6,14H,2-4H2,1H3. The number of methoxy groups -OCH3 is 1. The second-order valence-corrected chi connectivity index (χ2v) is 8.37. The predicted octanol–water partition coefficient (Wildman–Crippen LogP) is 1.67. The van der Waals surface area contributed by atoms with Crippen molar-refractivity contribution in [3.05, 3.63) is 23.8 Å². The van der Waals surface area contributed by atoms with Gasteiger partial charge in [-0.3, -0.25) is 4.72 Å². The largest absolute Gasteiger partial charge is 0.385 e. The molecular formula is C10H12ClF2NO5S2. The molecule has 0 saturated carbocycles. The molecule has 0 amide bonds. The normalized spacial score (nSPS) is 12.4. The number of nitrogens with one attached hydrogen (secondary N) is 1. The van der Waals surface area contributed by atoms with Gasteiger partial charge in [0.05, 0.1) is 10.6 Å². The lowest BCUT2D eigenvalue weighted by Gasteiger charge is -2.10. The number of hydrogen-bond acceptors (Lipinski definition) is 5. The number of ether oxygens (including phenoxy) is 1. The molecule has 120 valence electrons. The molecular weight excluding hydrogens is 352 g/mol. The molecule has 21 heavy (non-hydrogen) atoms. The van der Waals surface area contributed by atoms with Gasteiger partial charge in [0.25, 0.3) is 9.05 Å². The monoisotopic (exact) mass is 363 g/mol. The van der Waals surface area contributed by atoms with E-state index in [2.05, 4.69) is 4.74 Å². The van der Waals surface area contributed by atoms with E-state index in [1.54, 1.807) is 4.72 Å². The van der Waals surface area contributed by atoms with Gasteiger partial charge in [0, 0.05) is 24.4 Å². The minimum absolute atomic E-state index is 0.128. The van der Waals surface area contributed by atoms with Crippen molar-refractivity contribution < 1.29 is 30.4 Å². The fourth-order valence-electron chi connectivity index (χ4n) is 1.39. The molecule has 1 aromatic carbocycles. The molecule has 0 fully saturated rings. The smallest absolute Gasteiger partial charge is 0.261 e. The second kappa shape index (κ2) is 6.86. The van der Waals surface area contributed by atoms with Gasteiger partial charge in [-0.2, -0.15) is 0 Å². The van der Waals surface area contributed by atoms with Gasteiger partial charge in [-0.25, -0.2) is 25.6 Å². The van der Waals surface area contributed by atoms with Crippen molar-refractivity contribution in [2.24, 2.45) is 0 Å². The number of rotatable bonds is 7. The Morgan fingerprint density at radius 1 is 1.19 bits per heavy atom. The zero-order valence-electron chi connectivity index (χ0n) is 10.8. The van der Waals surface area contributed by atoms with Crippen LogP contribution in [0.3, 0.4) is 0 Å². The van der Waals surface area contributed by atoms with Gasteiger partial charge >= 0.3 is 0 Å². The molecule has 0 bridgehead atoms. The summed E-state index contributed by atoms with van der Waals surface area (Å²) < 4.78 is 78.9. The quantitative estimate of drug-likeness (QED) is 0.588. The number of anilines is 1. The van der Waals surface area contributed by atoms with E-state index < -0.39 is 47.0 Å². The third-order valence-corrected chi connectivity index (χ3v) is 4.99. The molecule has 0 spiro atoms. The highest BCUT2D eigenvalue weighted by Crippen LogP contribution is 2.26. The van der Waals surface area contributed by atoms with E-state index >= 15 is 0 Å². The lowest BCUT2D eigenvalue weighted by Crippen LogP contribution is -2.19. The number of sulfonamides is 1. The molecule has 1 N–H and O–H groups in total. The molecule has 0 atom stereocenters. The zero-order chi connectivity index (χ0) is 16.3. The maximum Gasteiger partial charge on any atom is 0.261 e. The fourth-order valence-corrected chi connectivity index (χ4v) is 3.25. The number of benzene rings is 1. The second-order valence-electron chi connectivity index (χ2n) is 3.97. The average molecular weight is 364 g/mol. The van der Waals surface area contributed by atoms with Crippen molar-refractivity contribution in [2.75, 3.05) is 24.2 Å². The maximum absolute atomic E-state index is 13.6. The first-order valence-electron chi connectivity index (χ1n) is 5.50. The molecule has 0 aliphatic carbocycles. The SMILES string of the molecule is COCCCS(=O)(=O)Nc1c(F)cc(S(=O)(=O)Cl)cc1F. The molecule has 0 aromatic heterocycles.